The second-order valence-corrected chi connectivity index (χ2v) is 4.44. The van der Waals surface area contributed by atoms with E-state index in [4.69, 9.17) is 4.52 Å². The lowest BCUT2D eigenvalue weighted by Gasteiger charge is -2.10. The monoisotopic (exact) mass is 292 g/mol. The molecule has 0 aromatic carbocycles. The molecule has 0 aliphatic carbocycles. The van der Waals surface area contributed by atoms with Gasteiger partial charge in [-0.2, -0.15) is 10.1 Å². The molecule has 112 valence electrons. The molecule has 9 nitrogen and oxygen atoms in total. The minimum Gasteiger partial charge on any atom is -0.352 e. The van der Waals surface area contributed by atoms with Crippen LogP contribution >= 0.6 is 0 Å². The average Bonchev–Trinajstić information content (AvgIpc) is 3.15. The van der Waals surface area contributed by atoms with Crippen molar-refractivity contribution in [3.8, 4) is 0 Å². The molecule has 2 amide bonds. The molecule has 2 aromatic rings. The summed E-state index contributed by atoms with van der Waals surface area (Å²) in [6, 6.07) is 1.80. The van der Waals surface area contributed by atoms with Gasteiger partial charge in [0.25, 0.3) is 11.7 Å². The van der Waals surface area contributed by atoms with E-state index in [0.717, 1.165) is 0 Å². The van der Waals surface area contributed by atoms with Crippen LogP contribution in [-0.4, -0.2) is 38.8 Å². The summed E-state index contributed by atoms with van der Waals surface area (Å²) in [6.45, 7) is 2.35. The van der Waals surface area contributed by atoms with Crippen LogP contribution in [0.1, 0.15) is 23.4 Å². The third-order valence-electron chi connectivity index (χ3n) is 2.78. The number of hydrogen-bond acceptors (Lipinski definition) is 6. The summed E-state index contributed by atoms with van der Waals surface area (Å²) in [5.74, 6) is -0.751. The van der Waals surface area contributed by atoms with Gasteiger partial charge in [0.2, 0.25) is 11.8 Å². The second kappa shape index (κ2) is 6.64. The predicted molar refractivity (Wildman–Crippen MR) is 70.9 cm³/mol. The molecule has 2 N–H and O–H groups in total. The van der Waals surface area contributed by atoms with Crippen molar-refractivity contribution in [1.82, 2.24) is 30.6 Å². The van der Waals surface area contributed by atoms with Crippen molar-refractivity contribution in [3.63, 3.8) is 0 Å². The summed E-state index contributed by atoms with van der Waals surface area (Å²) < 4.78 is 6.55. The van der Waals surface area contributed by atoms with Gasteiger partial charge in [-0.1, -0.05) is 12.1 Å². The zero-order valence-corrected chi connectivity index (χ0v) is 11.7. The molecule has 21 heavy (non-hydrogen) atoms. The molecule has 0 unspecified atom stereocenters. The van der Waals surface area contributed by atoms with Crippen molar-refractivity contribution in [2.45, 2.75) is 20.0 Å². The van der Waals surface area contributed by atoms with Gasteiger partial charge in [-0.3, -0.25) is 14.3 Å². The SMILES string of the molecule is CNC(=O)c1noc(CNC(=O)[C@H](C)Cn2cccn2)n1. The lowest BCUT2D eigenvalue weighted by atomic mass is 10.1. The molecule has 0 radical (unpaired) electrons. The van der Waals surface area contributed by atoms with Crippen LogP contribution in [0.2, 0.25) is 0 Å². The molecule has 0 aliphatic rings. The Bertz CT molecular complexity index is 606. The number of rotatable bonds is 6. The van der Waals surface area contributed by atoms with Crippen molar-refractivity contribution in [2.75, 3.05) is 7.05 Å². The Hall–Kier alpha value is -2.71. The number of nitrogens with zero attached hydrogens (tertiary/aromatic N) is 4. The molecule has 2 rings (SSSR count). The summed E-state index contributed by atoms with van der Waals surface area (Å²) in [4.78, 5) is 27.0. The number of carbonyl (C=O) groups is 2. The van der Waals surface area contributed by atoms with E-state index in [-0.39, 0.29) is 30.1 Å². The highest BCUT2D eigenvalue weighted by atomic mass is 16.5. The maximum atomic E-state index is 11.9. The maximum Gasteiger partial charge on any atom is 0.292 e. The topological polar surface area (TPSA) is 115 Å². The van der Waals surface area contributed by atoms with Crippen LogP contribution in [0.15, 0.2) is 23.0 Å². The summed E-state index contributed by atoms with van der Waals surface area (Å²) in [7, 11) is 1.47. The molecule has 0 spiro atoms. The second-order valence-electron chi connectivity index (χ2n) is 4.44. The molecule has 9 heteroatoms. The van der Waals surface area contributed by atoms with Gasteiger partial charge in [-0.25, -0.2) is 0 Å². The fraction of sp³-hybridized carbons (Fsp3) is 0.417. The minimum atomic E-state index is -0.441. The van der Waals surface area contributed by atoms with Crippen LogP contribution in [0.4, 0.5) is 0 Å². The average molecular weight is 292 g/mol. The van der Waals surface area contributed by atoms with E-state index in [2.05, 4.69) is 25.9 Å². The number of hydrogen-bond donors (Lipinski definition) is 2. The van der Waals surface area contributed by atoms with E-state index in [0.29, 0.717) is 6.54 Å². The fourth-order valence-corrected chi connectivity index (χ4v) is 1.64. The van der Waals surface area contributed by atoms with Crippen molar-refractivity contribution >= 4 is 11.8 Å². The van der Waals surface area contributed by atoms with Gasteiger partial charge in [0.05, 0.1) is 19.0 Å². The van der Waals surface area contributed by atoms with Gasteiger partial charge in [0, 0.05) is 19.4 Å². The van der Waals surface area contributed by atoms with Crippen LogP contribution in [0.3, 0.4) is 0 Å². The first-order valence-electron chi connectivity index (χ1n) is 6.40. The molecular formula is C12H16N6O3. The Balaban J connectivity index is 1.83. The van der Waals surface area contributed by atoms with Crippen LogP contribution in [0.25, 0.3) is 0 Å². The fourth-order valence-electron chi connectivity index (χ4n) is 1.64. The summed E-state index contributed by atoms with van der Waals surface area (Å²) >= 11 is 0. The van der Waals surface area contributed by atoms with Crippen molar-refractivity contribution in [2.24, 2.45) is 5.92 Å². The van der Waals surface area contributed by atoms with E-state index < -0.39 is 5.91 Å². The van der Waals surface area contributed by atoms with Gasteiger partial charge >= 0.3 is 0 Å². The van der Waals surface area contributed by atoms with Gasteiger partial charge in [-0.15, -0.1) is 0 Å². The molecule has 1 atom stereocenters. The van der Waals surface area contributed by atoms with Crippen molar-refractivity contribution < 1.29 is 14.1 Å². The highest BCUT2D eigenvalue weighted by Crippen LogP contribution is 2.02. The normalized spacial score (nSPS) is 11.9. The van der Waals surface area contributed by atoms with Crippen LogP contribution in [-0.2, 0) is 17.9 Å². The van der Waals surface area contributed by atoms with E-state index in [1.54, 1.807) is 30.1 Å². The maximum absolute atomic E-state index is 11.9. The molecule has 0 aliphatic heterocycles. The van der Waals surface area contributed by atoms with Crippen LogP contribution in [0, 0.1) is 5.92 Å². The minimum absolute atomic E-state index is 0.0636. The Labute approximate surface area is 120 Å². The molecule has 2 heterocycles. The first-order chi connectivity index (χ1) is 10.1. The molecular weight excluding hydrogens is 276 g/mol. The molecule has 0 bridgehead atoms. The molecule has 2 aromatic heterocycles. The van der Waals surface area contributed by atoms with E-state index in [9.17, 15) is 9.59 Å². The van der Waals surface area contributed by atoms with Gasteiger partial charge < -0.3 is 15.2 Å². The summed E-state index contributed by atoms with van der Waals surface area (Å²) in [6.07, 6.45) is 3.45. The van der Waals surface area contributed by atoms with Crippen molar-refractivity contribution in [3.05, 3.63) is 30.2 Å². The molecule has 0 saturated heterocycles. The Morgan fingerprint density at radius 3 is 2.95 bits per heavy atom. The first kappa shape index (κ1) is 14.7. The largest absolute Gasteiger partial charge is 0.352 e. The van der Waals surface area contributed by atoms with Crippen molar-refractivity contribution in [1.29, 1.82) is 0 Å². The first-order valence-corrected chi connectivity index (χ1v) is 6.40. The molecule has 0 saturated carbocycles. The third-order valence-corrected chi connectivity index (χ3v) is 2.78. The summed E-state index contributed by atoms with van der Waals surface area (Å²) in [5, 5.41) is 12.6. The quantitative estimate of drug-likeness (QED) is 0.747. The van der Waals surface area contributed by atoms with Gasteiger partial charge in [0.15, 0.2) is 0 Å². The zero-order valence-electron chi connectivity index (χ0n) is 11.7. The molecule has 0 fully saturated rings. The van der Waals surface area contributed by atoms with E-state index >= 15 is 0 Å². The number of aromatic nitrogens is 4. The zero-order chi connectivity index (χ0) is 15.2. The predicted octanol–water partition coefficient (Wildman–Crippen LogP) is -0.422. The third kappa shape index (κ3) is 3.88. The lowest BCUT2D eigenvalue weighted by Crippen LogP contribution is -2.31. The Morgan fingerprint density at radius 2 is 2.29 bits per heavy atom. The van der Waals surface area contributed by atoms with Gasteiger partial charge in [-0.05, 0) is 6.07 Å². The standard InChI is InChI=1S/C12H16N6O3/c1-8(7-18-5-3-4-15-18)11(19)14-6-9-16-10(17-21-9)12(20)13-2/h3-5,8H,6-7H2,1-2H3,(H,13,20)(H,14,19)/t8-/m1/s1. The highest BCUT2D eigenvalue weighted by molar-refractivity contribution is 5.89. The van der Waals surface area contributed by atoms with Gasteiger partial charge in [0.1, 0.15) is 0 Å². The van der Waals surface area contributed by atoms with E-state index in [1.165, 1.54) is 7.05 Å². The van der Waals surface area contributed by atoms with Crippen LogP contribution in [0.5, 0.6) is 0 Å². The highest BCUT2D eigenvalue weighted by Gasteiger charge is 2.16. The Morgan fingerprint density at radius 1 is 1.48 bits per heavy atom. The summed E-state index contributed by atoms with van der Waals surface area (Å²) in [5.41, 5.74) is 0. The lowest BCUT2D eigenvalue weighted by molar-refractivity contribution is -0.125. The van der Waals surface area contributed by atoms with Crippen LogP contribution < -0.4 is 10.6 Å². The number of amides is 2. The number of nitrogens with one attached hydrogen (secondary N) is 2. The number of carbonyl (C=O) groups excluding carboxylic acids is 2. The van der Waals surface area contributed by atoms with E-state index in [1.807, 2.05) is 0 Å². The smallest absolute Gasteiger partial charge is 0.292 e. The Kier molecular flexibility index (Phi) is 4.64.